The SMILES string of the molecule is CCNC(=NCc1nc(C(C)C)cs1)NCCc1nc(-c2cccc(Cl)c2)no1. The highest BCUT2D eigenvalue weighted by Gasteiger charge is 2.10. The highest BCUT2D eigenvalue weighted by Crippen LogP contribution is 2.20. The van der Waals surface area contributed by atoms with Crippen molar-refractivity contribution in [2.75, 3.05) is 13.1 Å². The molecular formula is C20H25ClN6OS. The fourth-order valence-corrected chi connectivity index (χ4v) is 3.61. The van der Waals surface area contributed by atoms with Crippen molar-refractivity contribution in [3.8, 4) is 11.4 Å². The zero-order valence-electron chi connectivity index (χ0n) is 16.8. The Labute approximate surface area is 179 Å². The third-order valence-electron chi connectivity index (χ3n) is 4.06. The largest absolute Gasteiger partial charge is 0.357 e. The molecule has 29 heavy (non-hydrogen) atoms. The Morgan fingerprint density at radius 2 is 2.14 bits per heavy atom. The minimum Gasteiger partial charge on any atom is -0.357 e. The molecule has 3 rings (SSSR count). The van der Waals surface area contributed by atoms with E-state index in [9.17, 15) is 0 Å². The van der Waals surface area contributed by atoms with Crippen molar-refractivity contribution >= 4 is 28.9 Å². The molecule has 154 valence electrons. The fraction of sp³-hybridized carbons (Fsp3) is 0.400. The molecule has 0 amide bonds. The van der Waals surface area contributed by atoms with Gasteiger partial charge in [-0.2, -0.15) is 4.98 Å². The summed E-state index contributed by atoms with van der Waals surface area (Å²) < 4.78 is 5.34. The van der Waals surface area contributed by atoms with E-state index in [1.54, 1.807) is 11.3 Å². The quantitative estimate of drug-likeness (QED) is 0.408. The molecule has 0 spiro atoms. The van der Waals surface area contributed by atoms with Gasteiger partial charge in [0.05, 0.1) is 12.2 Å². The second-order valence-electron chi connectivity index (χ2n) is 6.71. The van der Waals surface area contributed by atoms with E-state index in [0.29, 0.717) is 42.2 Å². The van der Waals surface area contributed by atoms with Crippen molar-refractivity contribution in [1.29, 1.82) is 0 Å². The van der Waals surface area contributed by atoms with Crippen molar-refractivity contribution in [1.82, 2.24) is 25.8 Å². The number of hydrogen-bond acceptors (Lipinski definition) is 6. The van der Waals surface area contributed by atoms with Gasteiger partial charge in [0.15, 0.2) is 5.96 Å². The van der Waals surface area contributed by atoms with Crippen LogP contribution < -0.4 is 10.6 Å². The van der Waals surface area contributed by atoms with E-state index in [0.717, 1.165) is 28.8 Å². The van der Waals surface area contributed by atoms with E-state index in [1.165, 1.54) is 0 Å². The Morgan fingerprint density at radius 3 is 2.86 bits per heavy atom. The van der Waals surface area contributed by atoms with Crippen LogP contribution in [0.5, 0.6) is 0 Å². The Hall–Kier alpha value is -2.45. The highest BCUT2D eigenvalue weighted by atomic mass is 35.5. The molecule has 2 heterocycles. The maximum absolute atomic E-state index is 6.02. The van der Waals surface area contributed by atoms with Gasteiger partial charge < -0.3 is 15.2 Å². The molecular weight excluding hydrogens is 408 g/mol. The second-order valence-corrected chi connectivity index (χ2v) is 8.09. The van der Waals surface area contributed by atoms with E-state index < -0.39 is 0 Å². The van der Waals surface area contributed by atoms with E-state index in [1.807, 2.05) is 31.2 Å². The van der Waals surface area contributed by atoms with E-state index >= 15 is 0 Å². The van der Waals surface area contributed by atoms with Crippen LogP contribution in [0.1, 0.15) is 43.3 Å². The molecule has 2 N–H and O–H groups in total. The number of hydrogen-bond donors (Lipinski definition) is 2. The summed E-state index contributed by atoms with van der Waals surface area (Å²) in [7, 11) is 0. The molecule has 1 aromatic carbocycles. The molecule has 9 heteroatoms. The third kappa shape index (κ3) is 6.27. The third-order valence-corrected chi connectivity index (χ3v) is 5.15. The number of thiazole rings is 1. The summed E-state index contributed by atoms with van der Waals surface area (Å²) in [6.45, 7) is 8.27. The van der Waals surface area contributed by atoms with Crippen molar-refractivity contribution < 1.29 is 4.52 Å². The van der Waals surface area contributed by atoms with Gasteiger partial charge in [0.25, 0.3) is 0 Å². The predicted molar refractivity (Wildman–Crippen MR) is 117 cm³/mol. The maximum Gasteiger partial charge on any atom is 0.228 e. The number of benzene rings is 1. The van der Waals surface area contributed by atoms with Crippen LogP contribution in [0.3, 0.4) is 0 Å². The number of aromatic nitrogens is 3. The van der Waals surface area contributed by atoms with Crippen molar-refractivity contribution in [2.45, 2.75) is 39.7 Å². The monoisotopic (exact) mass is 432 g/mol. The number of nitrogens with one attached hydrogen (secondary N) is 2. The summed E-state index contributed by atoms with van der Waals surface area (Å²) in [6.07, 6.45) is 0.590. The Kier molecular flexibility index (Phi) is 7.60. The van der Waals surface area contributed by atoms with Crippen LogP contribution in [0.4, 0.5) is 0 Å². The molecule has 3 aromatic rings. The average Bonchev–Trinajstić information content (AvgIpc) is 3.36. The molecule has 0 saturated heterocycles. The van der Waals surface area contributed by atoms with E-state index in [4.69, 9.17) is 16.1 Å². The number of halogens is 1. The zero-order chi connectivity index (χ0) is 20.6. The van der Waals surface area contributed by atoms with Crippen molar-refractivity contribution in [3.05, 3.63) is 51.3 Å². The summed E-state index contributed by atoms with van der Waals surface area (Å²) in [5.74, 6) is 2.27. The first-order chi connectivity index (χ1) is 14.0. The first-order valence-electron chi connectivity index (χ1n) is 9.60. The van der Waals surface area contributed by atoms with Gasteiger partial charge in [-0.3, -0.25) is 0 Å². The number of guanidine groups is 1. The maximum atomic E-state index is 6.02. The number of aliphatic imine (C=N–C) groups is 1. The lowest BCUT2D eigenvalue weighted by Crippen LogP contribution is -2.38. The van der Waals surface area contributed by atoms with Gasteiger partial charge in [0.2, 0.25) is 11.7 Å². The lowest BCUT2D eigenvalue weighted by Gasteiger charge is -2.09. The highest BCUT2D eigenvalue weighted by molar-refractivity contribution is 7.09. The Bertz CT molecular complexity index is 952. The Balaban J connectivity index is 1.54. The van der Waals surface area contributed by atoms with Gasteiger partial charge in [-0.05, 0) is 25.0 Å². The summed E-state index contributed by atoms with van der Waals surface area (Å²) in [5.41, 5.74) is 1.95. The smallest absolute Gasteiger partial charge is 0.228 e. The topological polar surface area (TPSA) is 88.2 Å². The van der Waals surface area contributed by atoms with E-state index in [-0.39, 0.29) is 0 Å². The predicted octanol–water partition coefficient (Wildman–Crippen LogP) is 4.27. The molecule has 0 aliphatic rings. The number of rotatable bonds is 8. The van der Waals surface area contributed by atoms with Gasteiger partial charge in [0.1, 0.15) is 5.01 Å². The van der Waals surface area contributed by atoms with Crippen LogP contribution in [-0.4, -0.2) is 34.2 Å². The average molecular weight is 433 g/mol. The minimum absolute atomic E-state index is 0.432. The normalized spacial score (nSPS) is 11.8. The molecule has 7 nitrogen and oxygen atoms in total. The summed E-state index contributed by atoms with van der Waals surface area (Å²) >= 11 is 7.66. The number of nitrogens with zero attached hydrogens (tertiary/aromatic N) is 4. The zero-order valence-corrected chi connectivity index (χ0v) is 18.3. The van der Waals surface area contributed by atoms with Crippen molar-refractivity contribution in [2.24, 2.45) is 4.99 Å². The van der Waals surface area contributed by atoms with Crippen LogP contribution in [0.2, 0.25) is 5.02 Å². The summed E-state index contributed by atoms with van der Waals surface area (Å²) in [5, 5.41) is 14.3. The molecule has 0 aliphatic carbocycles. The molecule has 0 aliphatic heterocycles. The lowest BCUT2D eigenvalue weighted by atomic mass is 10.2. The molecule has 2 aromatic heterocycles. The van der Waals surface area contributed by atoms with Gasteiger partial charge in [-0.25, -0.2) is 9.98 Å². The Morgan fingerprint density at radius 1 is 1.28 bits per heavy atom. The van der Waals surface area contributed by atoms with Crippen LogP contribution in [0.15, 0.2) is 39.2 Å². The van der Waals surface area contributed by atoms with Crippen molar-refractivity contribution in [3.63, 3.8) is 0 Å². The molecule has 0 radical (unpaired) electrons. The molecule has 0 fully saturated rings. The molecule has 0 atom stereocenters. The van der Waals surface area contributed by atoms with Gasteiger partial charge >= 0.3 is 0 Å². The molecule has 0 unspecified atom stereocenters. The minimum atomic E-state index is 0.432. The van der Waals surface area contributed by atoms with Crippen LogP contribution >= 0.6 is 22.9 Å². The molecule has 0 bridgehead atoms. The van der Waals surface area contributed by atoms with Gasteiger partial charge in [-0.1, -0.05) is 42.7 Å². The summed E-state index contributed by atoms with van der Waals surface area (Å²) in [4.78, 5) is 13.7. The van der Waals surface area contributed by atoms with Gasteiger partial charge in [-0.15, -0.1) is 11.3 Å². The standard InChI is InChI=1S/C20H25ClN6OS/c1-4-22-20(24-11-18-25-16(12-29-18)13(2)3)23-9-8-17-26-19(27-28-17)14-6-5-7-15(21)10-14/h5-7,10,12-13H,4,8-9,11H2,1-3H3,(H2,22,23,24). The lowest BCUT2D eigenvalue weighted by molar-refractivity contribution is 0.378. The van der Waals surface area contributed by atoms with E-state index in [2.05, 4.69) is 50.0 Å². The van der Waals surface area contributed by atoms with Crippen LogP contribution in [0.25, 0.3) is 11.4 Å². The molecule has 0 saturated carbocycles. The van der Waals surface area contributed by atoms with Gasteiger partial charge in [0, 0.05) is 35.5 Å². The fourth-order valence-electron chi connectivity index (χ4n) is 2.54. The second kappa shape index (κ2) is 10.4. The van der Waals surface area contributed by atoms with Crippen LogP contribution in [-0.2, 0) is 13.0 Å². The van der Waals surface area contributed by atoms with Crippen LogP contribution in [0, 0.1) is 0 Å². The summed E-state index contributed by atoms with van der Waals surface area (Å²) in [6, 6.07) is 7.39. The first-order valence-corrected chi connectivity index (χ1v) is 10.9. The first kappa shape index (κ1) is 21.3.